The van der Waals surface area contributed by atoms with Crippen molar-refractivity contribution in [3.8, 4) is 5.75 Å². The molecule has 160 valence electrons. The second kappa shape index (κ2) is 8.24. The van der Waals surface area contributed by atoms with Crippen LogP contribution >= 0.6 is 15.9 Å². The third-order valence-electron chi connectivity index (χ3n) is 5.82. The third kappa shape index (κ3) is 3.58. The van der Waals surface area contributed by atoms with E-state index in [0.29, 0.717) is 17.7 Å². The van der Waals surface area contributed by atoms with Gasteiger partial charge in [0.25, 0.3) is 5.78 Å². The molecule has 6 nitrogen and oxygen atoms in total. The van der Waals surface area contributed by atoms with Crippen molar-refractivity contribution in [2.45, 2.75) is 12.5 Å². The molecule has 0 N–H and O–H groups in total. The summed E-state index contributed by atoms with van der Waals surface area (Å²) in [5.74, 6) is -0.229. The van der Waals surface area contributed by atoms with Gasteiger partial charge in [-0.2, -0.15) is 5.10 Å². The fraction of sp³-hybridized carbons (Fsp3) is 0.160. The highest BCUT2D eigenvalue weighted by Crippen LogP contribution is 2.37. The minimum Gasteiger partial charge on any atom is -0.497 e. The lowest BCUT2D eigenvalue weighted by Gasteiger charge is -2.28. The summed E-state index contributed by atoms with van der Waals surface area (Å²) in [5, 5.41) is 6.78. The number of nitrogens with zero attached hydrogens (tertiary/aromatic N) is 3. The van der Waals surface area contributed by atoms with Crippen molar-refractivity contribution >= 4 is 39.0 Å². The smallest absolute Gasteiger partial charge is 0.301 e. The van der Waals surface area contributed by atoms with Gasteiger partial charge in [0, 0.05) is 10.9 Å². The Balaban J connectivity index is 1.50. The lowest BCUT2D eigenvalue weighted by atomic mass is 9.98. The quantitative estimate of drug-likeness (QED) is 0.483. The summed E-state index contributed by atoms with van der Waals surface area (Å²) in [5.41, 5.74) is 4.06. The number of anilines is 1. The first kappa shape index (κ1) is 20.5. The lowest BCUT2D eigenvalue weighted by molar-refractivity contribution is -0.114. The summed E-state index contributed by atoms with van der Waals surface area (Å²) in [7, 11) is 1.64. The van der Waals surface area contributed by atoms with Gasteiger partial charge in [-0.05, 0) is 53.6 Å². The van der Waals surface area contributed by atoms with E-state index >= 15 is 0 Å². The fourth-order valence-electron chi connectivity index (χ4n) is 4.16. The standard InChI is InChI=1S/C25H20BrN3O3/c1-32-19-10-7-16(8-11-19)21-14-22(17-5-3-2-4-6-17)29(27-21)15-28-23-13-18(26)9-12-20(23)24(30)25(28)31/h2-13,22H,14-15H2,1H3. The van der Waals surface area contributed by atoms with E-state index in [0.717, 1.165) is 27.1 Å². The van der Waals surface area contributed by atoms with Crippen molar-refractivity contribution in [2.24, 2.45) is 5.10 Å². The van der Waals surface area contributed by atoms with Crippen molar-refractivity contribution in [1.82, 2.24) is 5.01 Å². The van der Waals surface area contributed by atoms with Gasteiger partial charge in [0.15, 0.2) is 0 Å². The number of ketones is 1. The molecule has 0 spiro atoms. The SMILES string of the molecule is COc1ccc(C2=NN(CN3C(=O)C(=O)c4ccc(Br)cc43)C(c3ccccc3)C2)cc1. The van der Waals surface area contributed by atoms with Gasteiger partial charge in [-0.1, -0.05) is 46.3 Å². The fourth-order valence-corrected chi connectivity index (χ4v) is 4.51. The molecule has 32 heavy (non-hydrogen) atoms. The van der Waals surface area contributed by atoms with Crippen LogP contribution < -0.4 is 9.64 Å². The molecular weight excluding hydrogens is 470 g/mol. The largest absolute Gasteiger partial charge is 0.497 e. The summed E-state index contributed by atoms with van der Waals surface area (Å²) >= 11 is 3.44. The molecule has 1 unspecified atom stereocenters. The molecule has 1 amide bonds. The van der Waals surface area contributed by atoms with Gasteiger partial charge in [0.2, 0.25) is 0 Å². The molecule has 0 radical (unpaired) electrons. The molecule has 0 fully saturated rings. The van der Waals surface area contributed by atoms with E-state index in [4.69, 9.17) is 9.84 Å². The molecule has 1 atom stereocenters. The van der Waals surface area contributed by atoms with E-state index < -0.39 is 11.7 Å². The van der Waals surface area contributed by atoms with Crippen LogP contribution in [0.4, 0.5) is 5.69 Å². The Kier molecular flexibility index (Phi) is 5.27. The number of hydrogen-bond acceptors (Lipinski definition) is 5. The Morgan fingerprint density at radius 2 is 1.78 bits per heavy atom. The Morgan fingerprint density at radius 3 is 2.50 bits per heavy atom. The van der Waals surface area contributed by atoms with Crippen molar-refractivity contribution in [3.63, 3.8) is 0 Å². The van der Waals surface area contributed by atoms with Crippen LogP contribution in [-0.4, -0.2) is 36.2 Å². The highest BCUT2D eigenvalue weighted by atomic mass is 79.9. The van der Waals surface area contributed by atoms with Crippen LogP contribution in [0, 0.1) is 0 Å². The molecule has 0 saturated carbocycles. The zero-order valence-electron chi connectivity index (χ0n) is 17.4. The lowest BCUT2D eigenvalue weighted by Crippen LogP contribution is -2.39. The van der Waals surface area contributed by atoms with E-state index in [-0.39, 0.29) is 12.7 Å². The molecule has 2 aliphatic heterocycles. The number of carbonyl (C=O) groups excluding carboxylic acids is 2. The Morgan fingerprint density at radius 1 is 1.03 bits per heavy atom. The maximum absolute atomic E-state index is 12.8. The summed E-state index contributed by atoms with van der Waals surface area (Å²) < 4.78 is 6.08. The number of methoxy groups -OCH3 is 1. The molecule has 3 aromatic carbocycles. The van der Waals surface area contributed by atoms with Crippen LogP contribution in [-0.2, 0) is 4.79 Å². The van der Waals surface area contributed by atoms with Gasteiger partial charge in [-0.25, -0.2) is 0 Å². The highest BCUT2D eigenvalue weighted by Gasteiger charge is 2.39. The number of ether oxygens (including phenoxy) is 1. The number of hydrazone groups is 1. The number of carbonyl (C=O) groups is 2. The van der Waals surface area contributed by atoms with Gasteiger partial charge in [0.1, 0.15) is 12.4 Å². The molecule has 0 aromatic heterocycles. The van der Waals surface area contributed by atoms with Gasteiger partial charge >= 0.3 is 5.91 Å². The number of amides is 1. The van der Waals surface area contributed by atoms with Crippen molar-refractivity contribution in [1.29, 1.82) is 0 Å². The summed E-state index contributed by atoms with van der Waals surface area (Å²) in [6.07, 6.45) is 0.692. The maximum Gasteiger partial charge on any atom is 0.301 e. The average molecular weight is 490 g/mol. The zero-order valence-corrected chi connectivity index (χ0v) is 19.0. The molecule has 0 bridgehead atoms. The second-order valence-electron chi connectivity index (χ2n) is 7.71. The number of benzene rings is 3. The summed E-state index contributed by atoms with van der Waals surface area (Å²) in [6.45, 7) is 0.188. The number of Topliss-reactive ketones (excluding diaryl/α,β-unsaturated/α-hetero) is 1. The first-order chi connectivity index (χ1) is 15.5. The van der Waals surface area contributed by atoms with Crippen LogP contribution in [0.1, 0.15) is 33.9 Å². The highest BCUT2D eigenvalue weighted by molar-refractivity contribution is 9.10. The predicted octanol–water partition coefficient (Wildman–Crippen LogP) is 4.80. The minimum absolute atomic E-state index is 0.0487. The molecule has 5 rings (SSSR count). The number of halogens is 1. The number of rotatable bonds is 5. The molecule has 3 aromatic rings. The van der Waals surface area contributed by atoms with Gasteiger partial charge in [-0.15, -0.1) is 0 Å². The normalized spacial score (nSPS) is 17.6. The number of fused-ring (bicyclic) bond motifs is 1. The monoisotopic (exact) mass is 489 g/mol. The van der Waals surface area contributed by atoms with E-state index in [1.807, 2.05) is 47.5 Å². The predicted molar refractivity (Wildman–Crippen MR) is 126 cm³/mol. The Labute approximate surface area is 194 Å². The second-order valence-corrected chi connectivity index (χ2v) is 8.63. The van der Waals surface area contributed by atoms with Crippen LogP contribution in [0.15, 0.2) is 82.4 Å². The topological polar surface area (TPSA) is 62.2 Å². The summed E-state index contributed by atoms with van der Waals surface area (Å²) in [6, 6.07) is 23.1. The molecule has 0 saturated heterocycles. The first-order valence-electron chi connectivity index (χ1n) is 10.2. The van der Waals surface area contributed by atoms with Gasteiger partial charge in [0.05, 0.1) is 30.1 Å². The summed E-state index contributed by atoms with van der Waals surface area (Å²) in [4.78, 5) is 26.8. The zero-order chi connectivity index (χ0) is 22.2. The van der Waals surface area contributed by atoms with Crippen LogP contribution in [0.2, 0.25) is 0 Å². The number of hydrogen-bond donors (Lipinski definition) is 0. The Hall–Kier alpha value is -3.45. The van der Waals surface area contributed by atoms with Crippen LogP contribution in [0.3, 0.4) is 0 Å². The third-order valence-corrected chi connectivity index (χ3v) is 6.32. The molecule has 0 aliphatic carbocycles. The molecule has 2 heterocycles. The van der Waals surface area contributed by atoms with Crippen LogP contribution in [0.5, 0.6) is 5.75 Å². The van der Waals surface area contributed by atoms with E-state index in [2.05, 4.69) is 28.1 Å². The van der Waals surface area contributed by atoms with E-state index in [9.17, 15) is 9.59 Å². The average Bonchev–Trinajstić information content (AvgIpc) is 3.35. The van der Waals surface area contributed by atoms with Gasteiger partial charge < -0.3 is 4.74 Å². The van der Waals surface area contributed by atoms with Crippen molar-refractivity contribution in [2.75, 3.05) is 18.7 Å². The van der Waals surface area contributed by atoms with E-state index in [1.165, 1.54) is 4.90 Å². The molecule has 2 aliphatic rings. The molecule has 7 heteroatoms. The minimum atomic E-state index is -0.530. The molecular formula is C25H20BrN3O3. The van der Waals surface area contributed by atoms with Crippen LogP contribution in [0.25, 0.3) is 0 Å². The maximum atomic E-state index is 12.8. The first-order valence-corrected chi connectivity index (χ1v) is 11.0. The Bertz CT molecular complexity index is 1220. The van der Waals surface area contributed by atoms with Crippen molar-refractivity contribution in [3.05, 3.63) is 94.0 Å². The van der Waals surface area contributed by atoms with Gasteiger partial charge in [-0.3, -0.25) is 19.5 Å². The van der Waals surface area contributed by atoms with E-state index in [1.54, 1.807) is 25.3 Å². The van der Waals surface area contributed by atoms with Crippen molar-refractivity contribution < 1.29 is 14.3 Å².